The van der Waals surface area contributed by atoms with E-state index in [1.165, 1.54) is 0 Å². The van der Waals surface area contributed by atoms with Gasteiger partial charge in [0.2, 0.25) is 0 Å². The van der Waals surface area contributed by atoms with E-state index >= 15 is 0 Å². The number of nitrogens with one attached hydrogen (secondary N) is 3. The van der Waals surface area contributed by atoms with Crippen molar-refractivity contribution in [1.29, 1.82) is 0 Å². The minimum Gasteiger partial charge on any atom is -0.465 e. The lowest BCUT2D eigenvalue weighted by molar-refractivity contribution is 0.0700. The molecule has 34 heavy (non-hydrogen) atoms. The third kappa shape index (κ3) is 5.52. The molecule has 3 aromatic rings. The summed E-state index contributed by atoms with van der Waals surface area (Å²) in [6.07, 6.45) is 4.70. The number of likely N-dealkylation sites (tertiary alicyclic amines) is 1. The number of carboxylic acid groups (broad SMARTS) is 1. The van der Waals surface area contributed by atoms with Crippen LogP contribution >= 0.6 is 36.2 Å². The molecule has 0 saturated carbocycles. The van der Waals surface area contributed by atoms with Gasteiger partial charge in [0.05, 0.1) is 11.8 Å². The summed E-state index contributed by atoms with van der Waals surface area (Å²) in [7, 11) is 0. The van der Waals surface area contributed by atoms with Gasteiger partial charge in [0.25, 0.3) is 5.91 Å². The quantitative estimate of drug-likeness (QED) is 0.396. The zero-order chi connectivity index (χ0) is 22.1. The SMILES string of the molecule is Cl.Cl.O=C(O)NC1CCN(C(=O)c2cc(N[C@@H]3CCNC3)nc(-c3cnn4ccsc34)n2)CC1. The summed E-state index contributed by atoms with van der Waals surface area (Å²) in [4.78, 5) is 36.1. The van der Waals surface area contributed by atoms with E-state index in [0.29, 0.717) is 43.3 Å². The number of aromatic nitrogens is 4. The Morgan fingerprint density at radius 1 is 1.15 bits per heavy atom. The number of carbonyl (C=O) groups is 2. The number of halogens is 2. The molecule has 0 unspecified atom stereocenters. The second-order valence-electron chi connectivity index (χ2n) is 8.02. The van der Waals surface area contributed by atoms with Crippen LogP contribution in [0.4, 0.5) is 10.6 Å². The molecule has 1 atom stereocenters. The van der Waals surface area contributed by atoms with E-state index in [2.05, 4.69) is 26.0 Å². The van der Waals surface area contributed by atoms with E-state index < -0.39 is 6.09 Å². The number of amides is 2. The largest absolute Gasteiger partial charge is 0.465 e. The minimum atomic E-state index is -1.03. The lowest BCUT2D eigenvalue weighted by atomic mass is 10.0. The summed E-state index contributed by atoms with van der Waals surface area (Å²) in [5, 5.41) is 24.5. The first-order valence-electron chi connectivity index (χ1n) is 10.6. The van der Waals surface area contributed by atoms with Gasteiger partial charge in [0.1, 0.15) is 16.3 Å². The number of anilines is 1. The van der Waals surface area contributed by atoms with Gasteiger partial charge in [-0.05, 0) is 25.8 Å². The molecule has 5 heterocycles. The maximum atomic E-state index is 13.3. The number of carbonyl (C=O) groups excluding carboxylic acids is 1. The highest BCUT2D eigenvalue weighted by Crippen LogP contribution is 2.27. The van der Waals surface area contributed by atoms with Crippen LogP contribution in [0.1, 0.15) is 29.8 Å². The smallest absolute Gasteiger partial charge is 0.404 e. The van der Waals surface area contributed by atoms with Gasteiger partial charge in [-0.2, -0.15) is 5.10 Å². The molecule has 184 valence electrons. The van der Waals surface area contributed by atoms with Gasteiger partial charge in [-0.15, -0.1) is 36.2 Å². The Labute approximate surface area is 212 Å². The molecule has 0 bridgehead atoms. The molecule has 0 radical (unpaired) electrons. The van der Waals surface area contributed by atoms with E-state index in [-0.39, 0.29) is 42.8 Å². The van der Waals surface area contributed by atoms with Crippen LogP contribution in [0.5, 0.6) is 0 Å². The van der Waals surface area contributed by atoms with Crippen molar-refractivity contribution in [1.82, 2.24) is 35.1 Å². The molecule has 0 aromatic carbocycles. The predicted octanol–water partition coefficient (Wildman–Crippen LogP) is 2.34. The lowest BCUT2D eigenvalue weighted by Gasteiger charge is -2.31. The second-order valence-corrected chi connectivity index (χ2v) is 8.92. The predicted molar refractivity (Wildman–Crippen MR) is 134 cm³/mol. The van der Waals surface area contributed by atoms with E-state index in [0.717, 1.165) is 29.9 Å². The van der Waals surface area contributed by atoms with Crippen molar-refractivity contribution >= 4 is 58.8 Å². The van der Waals surface area contributed by atoms with Crippen molar-refractivity contribution in [3.63, 3.8) is 0 Å². The highest BCUT2D eigenvalue weighted by atomic mass is 35.5. The fourth-order valence-electron chi connectivity index (χ4n) is 4.18. The Morgan fingerprint density at radius 3 is 2.65 bits per heavy atom. The van der Waals surface area contributed by atoms with Crippen LogP contribution < -0.4 is 16.0 Å². The summed E-state index contributed by atoms with van der Waals surface area (Å²) < 4.78 is 1.77. The van der Waals surface area contributed by atoms with Gasteiger partial charge >= 0.3 is 6.09 Å². The number of thiazole rings is 1. The molecular formula is C20H26Cl2N8O3S. The van der Waals surface area contributed by atoms with Crippen molar-refractivity contribution in [3.05, 3.63) is 29.5 Å². The number of piperidine rings is 1. The Bertz CT molecular complexity index is 1140. The molecule has 3 aromatic heterocycles. The third-order valence-electron chi connectivity index (χ3n) is 5.84. The van der Waals surface area contributed by atoms with Gasteiger partial charge in [-0.3, -0.25) is 4.79 Å². The molecule has 11 nitrogen and oxygen atoms in total. The molecule has 14 heteroatoms. The number of hydrogen-bond acceptors (Lipinski definition) is 8. The number of rotatable bonds is 5. The van der Waals surface area contributed by atoms with Crippen molar-refractivity contribution in [2.75, 3.05) is 31.5 Å². The summed E-state index contributed by atoms with van der Waals surface area (Å²) in [5.41, 5.74) is 1.11. The molecule has 4 N–H and O–H groups in total. The van der Waals surface area contributed by atoms with Crippen LogP contribution in [0.15, 0.2) is 23.8 Å². The van der Waals surface area contributed by atoms with Crippen molar-refractivity contribution in [3.8, 4) is 11.4 Å². The molecule has 2 fully saturated rings. The lowest BCUT2D eigenvalue weighted by Crippen LogP contribution is -2.46. The summed E-state index contributed by atoms with van der Waals surface area (Å²) >= 11 is 1.54. The summed E-state index contributed by atoms with van der Waals surface area (Å²) in [6, 6.07) is 1.82. The zero-order valence-corrected chi connectivity index (χ0v) is 20.6. The normalized spacial score (nSPS) is 18.2. The zero-order valence-electron chi connectivity index (χ0n) is 18.1. The van der Waals surface area contributed by atoms with Crippen LogP contribution in [0.2, 0.25) is 0 Å². The average molecular weight is 529 g/mol. The number of hydrogen-bond donors (Lipinski definition) is 4. The van der Waals surface area contributed by atoms with E-state index in [9.17, 15) is 9.59 Å². The first-order valence-corrected chi connectivity index (χ1v) is 11.5. The monoisotopic (exact) mass is 528 g/mol. The molecule has 0 spiro atoms. The molecule has 0 aliphatic carbocycles. The maximum absolute atomic E-state index is 13.3. The van der Waals surface area contributed by atoms with Gasteiger partial charge in [-0.1, -0.05) is 0 Å². The number of nitrogens with zero attached hydrogens (tertiary/aromatic N) is 5. The maximum Gasteiger partial charge on any atom is 0.404 e. The molecule has 5 rings (SSSR count). The molecule has 2 saturated heterocycles. The average Bonchev–Trinajstić information content (AvgIpc) is 3.52. The molecule has 2 aliphatic heterocycles. The fourth-order valence-corrected chi connectivity index (χ4v) is 4.97. The molecular weight excluding hydrogens is 503 g/mol. The Balaban J connectivity index is 0.00000162. The van der Waals surface area contributed by atoms with E-state index in [1.807, 2.05) is 11.6 Å². The molecule has 2 aliphatic rings. The Hall–Kier alpha value is -2.67. The van der Waals surface area contributed by atoms with Crippen molar-refractivity contribution in [2.45, 2.75) is 31.3 Å². The fraction of sp³-hybridized carbons (Fsp3) is 0.450. The highest BCUT2D eigenvalue weighted by molar-refractivity contribution is 7.16. The summed E-state index contributed by atoms with van der Waals surface area (Å²) in [6.45, 7) is 2.73. The van der Waals surface area contributed by atoms with Crippen LogP contribution in [-0.2, 0) is 0 Å². The van der Waals surface area contributed by atoms with Gasteiger partial charge in [-0.25, -0.2) is 19.3 Å². The molecule has 2 amide bonds. The van der Waals surface area contributed by atoms with Gasteiger partial charge in [0, 0.05) is 49.4 Å². The Morgan fingerprint density at radius 2 is 1.94 bits per heavy atom. The van der Waals surface area contributed by atoms with Crippen LogP contribution in [-0.4, -0.2) is 79.9 Å². The first kappa shape index (κ1) is 25.9. The van der Waals surface area contributed by atoms with Gasteiger partial charge in [0.15, 0.2) is 5.82 Å². The number of fused-ring (bicyclic) bond motifs is 1. The van der Waals surface area contributed by atoms with Crippen LogP contribution in [0.25, 0.3) is 16.2 Å². The standard InChI is InChI=1S/C20H24N8O3S.2ClH/c29-18(27-5-2-12(3-6-27)24-20(30)31)15-9-16(23-13-1-4-21-10-13)26-17(25-15)14-11-22-28-7-8-32-19(14)28;;/h7-9,11-13,21,24H,1-6,10H2,(H,30,31)(H,23,25,26);2*1H/t13-;;/m1../s1. The van der Waals surface area contributed by atoms with Crippen LogP contribution in [0.3, 0.4) is 0 Å². The highest BCUT2D eigenvalue weighted by Gasteiger charge is 2.27. The topological polar surface area (TPSA) is 137 Å². The second kappa shape index (κ2) is 11.2. The minimum absolute atomic E-state index is 0. The van der Waals surface area contributed by atoms with Crippen molar-refractivity contribution < 1.29 is 14.7 Å². The van der Waals surface area contributed by atoms with Crippen molar-refractivity contribution in [2.24, 2.45) is 0 Å². The summed E-state index contributed by atoms with van der Waals surface area (Å²) in [5.74, 6) is 0.902. The first-order chi connectivity index (χ1) is 15.6. The Kier molecular flexibility index (Phi) is 8.52. The van der Waals surface area contributed by atoms with E-state index in [1.54, 1.807) is 33.0 Å². The van der Waals surface area contributed by atoms with Crippen LogP contribution in [0, 0.1) is 0 Å². The van der Waals surface area contributed by atoms with Gasteiger partial charge < -0.3 is 26.0 Å². The van der Waals surface area contributed by atoms with E-state index in [4.69, 9.17) is 10.1 Å². The third-order valence-corrected chi connectivity index (χ3v) is 6.73.